The van der Waals surface area contributed by atoms with Crippen LogP contribution in [0.3, 0.4) is 0 Å². The molecule has 0 aliphatic heterocycles. The van der Waals surface area contributed by atoms with Crippen LogP contribution in [-0.2, 0) is 5.75 Å². The standard InChI is InChI=1S/C19H19FN2O2S/c1-24-16-6-7-17-14(10-16)11-18(22-17)19(23)21-8-9-25-12-13-2-4-15(20)5-3-13/h2-7,10-11,22H,8-9,12H2,1H3,(H,21,23). The van der Waals surface area contributed by atoms with Crippen LogP contribution < -0.4 is 10.1 Å². The summed E-state index contributed by atoms with van der Waals surface area (Å²) in [6.07, 6.45) is 0. The molecule has 4 nitrogen and oxygen atoms in total. The van der Waals surface area contributed by atoms with Crippen molar-refractivity contribution < 1.29 is 13.9 Å². The summed E-state index contributed by atoms with van der Waals surface area (Å²) in [6, 6.07) is 13.9. The number of amides is 1. The molecule has 0 fully saturated rings. The van der Waals surface area contributed by atoms with Crippen molar-refractivity contribution >= 4 is 28.6 Å². The lowest BCUT2D eigenvalue weighted by atomic mass is 10.2. The van der Waals surface area contributed by atoms with Gasteiger partial charge in [-0.2, -0.15) is 11.8 Å². The normalized spacial score (nSPS) is 10.8. The van der Waals surface area contributed by atoms with Gasteiger partial charge in [0.2, 0.25) is 0 Å². The third-order valence-corrected chi connectivity index (χ3v) is 4.82. The van der Waals surface area contributed by atoms with E-state index in [2.05, 4.69) is 10.3 Å². The highest BCUT2D eigenvalue weighted by Gasteiger charge is 2.09. The van der Waals surface area contributed by atoms with Crippen LogP contribution >= 0.6 is 11.8 Å². The fourth-order valence-electron chi connectivity index (χ4n) is 2.46. The molecule has 2 N–H and O–H groups in total. The molecule has 25 heavy (non-hydrogen) atoms. The number of H-pyrrole nitrogens is 1. The summed E-state index contributed by atoms with van der Waals surface area (Å²) in [6.45, 7) is 0.573. The van der Waals surface area contributed by atoms with Gasteiger partial charge in [-0.25, -0.2) is 4.39 Å². The van der Waals surface area contributed by atoms with Crippen molar-refractivity contribution in [3.63, 3.8) is 0 Å². The molecule has 1 heterocycles. The van der Waals surface area contributed by atoms with Crippen LogP contribution in [0.15, 0.2) is 48.5 Å². The number of methoxy groups -OCH3 is 1. The Morgan fingerprint density at radius 3 is 2.76 bits per heavy atom. The van der Waals surface area contributed by atoms with Crippen LogP contribution in [0.4, 0.5) is 4.39 Å². The first-order valence-corrected chi connectivity index (χ1v) is 9.08. The van der Waals surface area contributed by atoms with E-state index in [0.29, 0.717) is 12.2 Å². The van der Waals surface area contributed by atoms with Gasteiger partial charge in [-0.05, 0) is 42.0 Å². The monoisotopic (exact) mass is 358 g/mol. The Hall–Kier alpha value is -2.47. The highest BCUT2D eigenvalue weighted by atomic mass is 32.2. The van der Waals surface area contributed by atoms with E-state index in [0.717, 1.165) is 33.7 Å². The quantitative estimate of drug-likeness (QED) is 0.628. The SMILES string of the molecule is COc1ccc2[nH]c(C(=O)NCCSCc3ccc(F)cc3)cc2c1. The number of rotatable bonds is 7. The molecule has 0 aliphatic rings. The van der Waals surface area contributed by atoms with Gasteiger partial charge in [0.05, 0.1) is 7.11 Å². The predicted octanol–water partition coefficient (Wildman–Crippen LogP) is 3.98. The summed E-state index contributed by atoms with van der Waals surface area (Å²) in [5, 5.41) is 3.84. The van der Waals surface area contributed by atoms with Crippen LogP contribution in [0.25, 0.3) is 10.9 Å². The lowest BCUT2D eigenvalue weighted by molar-refractivity contribution is 0.0952. The van der Waals surface area contributed by atoms with Gasteiger partial charge < -0.3 is 15.0 Å². The van der Waals surface area contributed by atoms with Crippen molar-refractivity contribution in [2.75, 3.05) is 19.4 Å². The van der Waals surface area contributed by atoms with E-state index >= 15 is 0 Å². The summed E-state index contributed by atoms with van der Waals surface area (Å²) in [5.41, 5.74) is 2.51. The Balaban J connectivity index is 1.46. The van der Waals surface area contributed by atoms with Crippen molar-refractivity contribution in [3.05, 3.63) is 65.6 Å². The molecule has 0 bridgehead atoms. The van der Waals surface area contributed by atoms with Gasteiger partial charge in [0.25, 0.3) is 5.91 Å². The van der Waals surface area contributed by atoms with E-state index in [1.165, 1.54) is 12.1 Å². The fraction of sp³-hybridized carbons (Fsp3) is 0.211. The minimum Gasteiger partial charge on any atom is -0.497 e. The molecule has 1 aromatic heterocycles. The van der Waals surface area contributed by atoms with Gasteiger partial charge in [0.1, 0.15) is 17.3 Å². The zero-order valence-corrected chi connectivity index (χ0v) is 14.7. The minimum atomic E-state index is -0.225. The van der Waals surface area contributed by atoms with E-state index < -0.39 is 0 Å². The van der Waals surface area contributed by atoms with Crippen LogP contribution in [0.2, 0.25) is 0 Å². The molecule has 3 rings (SSSR count). The van der Waals surface area contributed by atoms with Crippen molar-refractivity contribution in [2.45, 2.75) is 5.75 Å². The predicted molar refractivity (Wildman–Crippen MR) is 99.7 cm³/mol. The smallest absolute Gasteiger partial charge is 0.267 e. The number of nitrogens with one attached hydrogen (secondary N) is 2. The number of fused-ring (bicyclic) bond motifs is 1. The van der Waals surface area contributed by atoms with Crippen LogP contribution in [0, 0.1) is 5.82 Å². The number of halogens is 1. The molecule has 0 atom stereocenters. The molecule has 0 saturated heterocycles. The number of thioether (sulfide) groups is 1. The van der Waals surface area contributed by atoms with Gasteiger partial charge in [0, 0.05) is 29.0 Å². The summed E-state index contributed by atoms with van der Waals surface area (Å²) < 4.78 is 18.0. The van der Waals surface area contributed by atoms with E-state index in [4.69, 9.17) is 4.74 Å². The number of ether oxygens (including phenoxy) is 1. The lowest BCUT2D eigenvalue weighted by Gasteiger charge is -2.04. The average Bonchev–Trinajstić information content (AvgIpc) is 3.06. The summed E-state index contributed by atoms with van der Waals surface area (Å²) in [4.78, 5) is 15.3. The molecule has 0 radical (unpaired) electrons. The van der Waals surface area contributed by atoms with E-state index in [1.54, 1.807) is 31.0 Å². The van der Waals surface area contributed by atoms with E-state index in [-0.39, 0.29) is 11.7 Å². The first kappa shape index (κ1) is 17.4. The van der Waals surface area contributed by atoms with Crippen molar-refractivity contribution in [1.82, 2.24) is 10.3 Å². The second-order valence-electron chi connectivity index (χ2n) is 5.57. The Morgan fingerprint density at radius 2 is 2.00 bits per heavy atom. The zero-order chi connectivity index (χ0) is 17.6. The third-order valence-electron chi connectivity index (χ3n) is 3.79. The van der Waals surface area contributed by atoms with Crippen LogP contribution in [-0.4, -0.2) is 30.3 Å². The minimum absolute atomic E-state index is 0.127. The highest BCUT2D eigenvalue weighted by molar-refractivity contribution is 7.98. The van der Waals surface area contributed by atoms with Crippen LogP contribution in [0.5, 0.6) is 5.75 Å². The number of hydrogen-bond donors (Lipinski definition) is 2. The van der Waals surface area contributed by atoms with E-state index in [9.17, 15) is 9.18 Å². The highest BCUT2D eigenvalue weighted by Crippen LogP contribution is 2.21. The fourth-order valence-corrected chi connectivity index (χ4v) is 3.28. The van der Waals surface area contributed by atoms with Gasteiger partial charge in [-0.1, -0.05) is 12.1 Å². The molecule has 0 unspecified atom stereocenters. The molecular formula is C19H19FN2O2S. The number of carbonyl (C=O) groups excluding carboxylic acids is 1. The molecule has 0 aliphatic carbocycles. The molecule has 6 heteroatoms. The van der Waals surface area contributed by atoms with E-state index in [1.807, 2.05) is 24.3 Å². The Morgan fingerprint density at radius 1 is 1.20 bits per heavy atom. The molecule has 130 valence electrons. The number of aromatic nitrogens is 1. The molecule has 0 saturated carbocycles. The number of carbonyl (C=O) groups is 1. The summed E-state index contributed by atoms with van der Waals surface area (Å²) in [5.74, 6) is 1.99. The summed E-state index contributed by atoms with van der Waals surface area (Å²) in [7, 11) is 1.62. The number of benzene rings is 2. The summed E-state index contributed by atoms with van der Waals surface area (Å²) >= 11 is 1.70. The van der Waals surface area contributed by atoms with Gasteiger partial charge in [-0.3, -0.25) is 4.79 Å². The number of aromatic amines is 1. The molecule has 3 aromatic rings. The third kappa shape index (κ3) is 4.54. The first-order valence-electron chi connectivity index (χ1n) is 7.93. The second-order valence-corrected chi connectivity index (χ2v) is 6.68. The largest absolute Gasteiger partial charge is 0.497 e. The zero-order valence-electron chi connectivity index (χ0n) is 13.8. The van der Waals surface area contributed by atoms with Crippen molar-refractivity contribution in [3.8, 4) is 5.75 Å². The maximum absolute atomic E-state index is 12.8. The van der Waals surface area contributed by atoms with Crippen molar-refractivity contribution in [1.29, 1.82) is 0 Å². The molecule has 0 spiro atoms. The average molecular weight is 358 g/mol. The topological polar surface area (TPSA) is 54.1 Å². The maximum atomic E-state index is 12.8. The second kappa shape index (κ2) is 8.07. The van der Waals surface area contributed by atoms with Crippen LogP contribution in [0.1, 0.15) is 16.1 Å². The Labute approximate surface area is 149 Å². The van der Waals surface area contributed by atoms with Gasteiger partial charge in [0.15, 0.2) is 0 Å². The molecule has 2 aromatic carbocycles. The number of hydrogen-bond acceptors (Lipinski definition) is 3. The Kier molecular flexibility index (Phi) is 5.60. The first-order chi connectivity index (χ1) is 12.2. The van der Waals surface area contributed by atoms with Crippen molar-refractivity contribution in [2.24, 2.45) is 0 Å². The maximum Gasteiger partial charge on any atom is 0.267 e. The molecule has 1 amide bonds. The lowest BCUT2D eigenvalue weighted by Crippen LogP contribution is -2.26. The van der Waals surface area contributed by atoms with Gasteiger partial charge >= 0.3 is 0 Å². The molecular weight excluding hydrogens is 339 g/mol. The Bertz CT molecular complexity index is 861. The van der Waals surface area contributed by atoms with Gasteiger partial charge in [-0.15, -0.1) is 0 Å².